The number of nitrogens with two attached hydrogens (primary N) is 1. The monoisotopic (exact) mass is 347 g/mol. The van der Waals surface area contributed by atoms with Crippen molar-refractivity contribution in [2.75, 3.05) is 0 Å². The van der Waals surface area contributed by atoms with Crippen molar-refractivity contribution in [3.05, 3.63) is 50.6 Å². The molecule has 0 atom stereocenters. The summed E-state index contributed by atoms with van der Waals surface area (Å²) in [4.78, 5) is 20.1. The number of fused-ring (bicyclic) bond motifs is 1. The van der Waals surface area contributed by atoms with Crippen molar-refractivity contribution in [2.24, 2.45) is 5.73 Å². The van der Waals surface area contributed by atoms with Gasteiger partial charge in [0.2, 0.25) is 0 Å². The van der Waals surface area contributed by atoms with Gasteiger partial charge in [-0.15, -0.1) is 11.3 Å². The van der Waals surface area contributed by atoms with Crippen LogP contribution in [0.5, 0.6) is 5.75 Å². The third kappa shape index (κ3) is 3.28. The van der Waals surface area contributed by atoms with Crippen molar-refractivity contribution in [2.45, 2.75) is 20.5 Å². The molecule has 0 aliphatic rings. The summed E-state index contributed by atoms with van der Waals surface area (Å²) in [5, 5.41) is 4.25. The second-order valence-electron chi connectivity index (χ2n) is 5.13. The number of aromatic nitrogens is 2. The van der Waals surface area contributed by atoms with Crippen LogP contribution in [0.3, 0.4) is 0 Å². The minimum absolute atomic E-state index is 0.156. The van der Waals surface area contributed by atoms with Crippen molar-refractivity contribution in [1.82, 2.24) is 9.97 Å². The lowest BCUT2D eigenvalue weighted by molar-refractivity contribution is 0.0995. The first-order valence-corrected chi connectivity index (χ1v) is 8.14. The molecule has 0 aliphatic heterocycles. The Morgan fingerprint density at radius 2 is 2.09 bits per heavy atom. The number of carbonyl (C=O) groups excluding carboxylic acids is 1. The molecule has 1 amide bonds. The van der Waals surface area contributed by atoms with Crippen LogP contribution < -0.4 is 10.5 Å². The number of rotatable bonds is 4. The molecule has 0 spiro atoms. The quantitative estimate of drug-likeness (QED) is 0.781. The first kappa shape index (κ1) is 15.7. The number of aryl methyl sites for hydroxylation is 2. The highest BCUT2D eigenvalue weighted by molar-refractivity contribution is 7.09. The zero-order valence-electron chi connectivity index (χ0n) is 12.6. The maximum absolute atomic E-state index is 11.5. The highest BCUT2D eigenvalue weighted by atomic mass is 35.5. The van der Waals surface area contributed by atoms with Crippen LogP contribution in [0.2, 0.25) is 5.02 Å². The predicted octanol–water partition coefficient (Wildman–Crippen LogP) is 3.64. The van der Waals surface area contributed by atoms with Crippen molar-refractivity contribution in [3.63, 3.8) is 0 Å². The van der Waals surface area contributed by atoms with Crippen molar-refractivity contribution < 1.29 is 9.53 Å². The summed E-state index contributed by atoms with van der Waals surface area (Å²) in [6.07, 6.45) is 0. The number of nitrogens with zero attached hydrogens (tertiary/aromatic N) is 2. The average molecular weight is 348 g/mol. The van der Waals surface area contributed by atoms with Gasteiger partial charge in [0.15, 0.2) is 0 Å². The van der Waals surface area contributed by atoms with Crippen LogP contribution in [-0.2, 0) is 6.61 Å². The van der Waals surface area contributed by atoms with Gasteiger partial charge in [0, 0.05) is 21.9 Å². The van der Waals surface area contributed by atoms with E-state index >= 15 is 0 Å². The van der Waals surface area contributed by atoms with E-state index in [1.807, 2.05) is 25.3 Å². The molecular formula is C16H14ClN3O2S. The zero-order valence-corrected chi connectivity index (χ0v) is 14.2. The van der Waals surface area contributed by atoms with Gasteiger partial charge in [0.25, 0.3) is 5.91 Å². The number of thiazole rings is 1. The van der Waals surface area contributed by atoms with Gasteiger partial charge in [0.05, 0.1) is 16.2 Å². The molecule has 0 radical (unpaired) electrons. The van der Waals surface area contributed by atoms with Crippen LogP contribution in [0.1, 0.15) is 26.8 Å². The normalized spacial score (nSPS) is 10.9. The zero-order chi connectivity index (χ0) is 16.6. The van der Waals surface area contributed by atoms with Crippen LogP contribution in [0.25, 0.3) is 10.9 Å². The largest absolute Gasteiger partial charge is 0.486 e. The van der Waals surface area contributed by atoms with Crippen LogP contribution in [0, 0.1) is 13.8 Å². The lowest BCUT2D eigenvalue weighted by Crippen LogP contribution is -2.13. The van der Waals surface area contributed by atoms with Crippen molar-refractivity contribution in [1.29, 1.82) is 0 Å². The molecular weight excluding hydrogens is 334 g/mol. The Labute approximate surface area is 142 Å². The summed E-state index contributed by atoms with van der Waals surface area (Å²) in [6, 6.07) is 5.13. The molecule has 0 aliphatic carbocycles. The summed E-state index contributed by atoms with van der Waals surface area (Å²) in [5.41, 5.74) is 7.83. The maximum Gasteiger partial charge on any atom is 0.267 e. The molecule has 0 bridgehead atoms. The van der Waals surface area contributed by atoms with Gasteiger partial charge in [-0.25, -0.2) is 9.97 Å². The molecule has 3 rings (SSSR count). The van der Waals surface area contributed by atoms with E-state index in [0.29, 0.717) is 22.9 Å². The number of benzene rings is 1. The molecule has 118 valence electrons. The van der Waals surface area contributed by atoms with Crippen LogP contribution in [0.15, 0.2) is 23.6 Å². The summed E-state index contributed by atoms with van der Waals surface area (Å²) in [5.74, 6) is -0.0924. The fourth-order valence-corrected chi connectivity index (χ4v) is 2.95. The van der Waals surface area contributed by atoms with Gasteiger partial charge in [-0.2, -0.15) is 0 Å². The van der Waals surface area contributed by atoms with Gasteiger partial charge in [0.1, 0.15) is 18.1 Å². The lowest BCUT2D eigenvalue weighted by atomic mass is 10.1. The van der Waals surface area contributed by atoms with Crippen molar-refractivity contribution >= 4 is 39.7 Å². The fourth-order valence-electron chi connectivity index (χ4n) is 2.19. The summed E-state index contributed by atoms with van der Waals surface area (Å²) >= 11 is 7.75. The Kier molecular flexibility index (Phi) is 4.19. The van der Waals surface area contributed by atoms with E-state index in [0.717, 1.165) is 21.7 Å². The summed E-state index contributed by atoms with van der Waals surface area (Å²) < 4.78 is 5.84. The Morgan fingerprint density at radius 3 is 2.74 bits per heavy atom. The number of pyridine rings is 1. The van der Waals surface area contributed by atoms with Crippen LogP contribution in [-0.4, -0.2) is 15.9 Å². The molecule has 2 aromatic heterocycles. The third-order valence-electron chi connectivity index (χ3n) is 3.35. The number of primary amides is 1. The number of hydrogen-bond donors (Lipinski definition) is 1. The van der Waals surface area contributed by atoms with E-state index in [2.05, 4.69) is 9.97 Å². The number of carbonyl (C=O) groups is 1. The molecule has 2 heterocycles. The van der Waals surface area contributed by atoms with Gasteiger partial charge >= 0.3 is 0 Å². The Morgan fingerprint density at radius 1 is 1.30 bits per heavy atom. The molecule has 0 saturated carbocycles. The second kappa shape index (κ2) is 6.14. The first-order chi connectivity index (χ1) is 10.9. The molecule has 5 nitrogen and oxygen atoms in total. The SMILES string of the molecule is Cc1nc(COc2cc(C(N)=O)nc3cc(C)c(Cl)cc23)cs1. The van der Waals surface area contributed by atoms with Gasteiger partial charge in [-0.1, -0.05) is 11.6 Å². The number of hydrogen-bond acceptors (Lipinski definition) is 5. The topological polar surface area (TPSA) is 78.1 Å². The Balaban J connectivity index is 2.05. The number of halogens is 1. The van der Waals surface area contributed by atoms with Gasteiger partial charge < -0.3 is 10.5 Å². The van der Waals surface area contributed by atoms with E-state index in [1.54, 1.807) is 17.4 Å². The van der Waals surface area contributed by atoms with Gasteiger partial charge in [-0.05, 0) is 31.5 Å². The summed E-state index contributed by atoms with van der Waals surface area (Å²) in [7, 11) is 0. The standard InChI is InChI=1S/C16H14ClN3O2S/c1-8-3-13-11(4-12(8)17)15(5-14(20-13)16(18)21)22-6-10-7-23-9(2)19-10/h3-5,7H,6H2,1-2H3,(H2,18,21). The van der Waals surface area contributed by atoms with Gasteiger partial charge in [-0.3, -0.25) is 4.79 Å². The Hall–Kier alpha value is -2.18. The number of amides is 1. The molecule has 0 fully saturated rings. The maximum atomic E-state index is 11.5. The van der Waals surface area contributed by atoms with E-state index in [4.69, 9.17) is 22.1 Å². The number of ether oxygens (including phenoxy) is 1. The van der Waals surface area contributed by atoms with Crippen LogP contribution in [0.4, 0.5) is 0 Å². The molecule has 0 saturated heterocycles. The third-order valence-corrected chi connectivity index (χ3v) is 4.58. The highest BCUT2D eigenvalue weighted by Crippen LogP contribution is 2.31. The van der Waals surface area contributed by atoms with E-state index in [1.165, 1.54) is 6.07 Å². The molecule has 23 heavy (non-hydrogen) atoms. The molecule has 7 heteroatoms. The molecule has 0 unspecified atom stereocenters. The van der Waals surface area contributed by atoms with E-state index in [9.17, 15) is 4.79 Å². The first-order valence-electron chi connectivity index (χ1n) is 6.88. The van der Waals surface area contributed by atoms with Crippen molar-refractivity contribution in [3.8, 4) is 5.75 Å². The minimum atomic E-state index is -0.603. The second-order valence-corrected chi connectivity index (χ2v) is 6.60. The summed E-state index contributed by atoms with van der Waals surface area (Å²) in [6.45, 7) is 4.11. The lowest BCUT2D eigenvalue weighted by Gasteiger charge is -2.11. The molecule has 2 N–H and O–H groups in total. The molecule has 1 aromatic carbocycles. The fraction of sp³-hybridized carbons (Fsp3) is 0.188. The van der Waals surface area contributed by atoms with E-state index in [-0.39, 0.29) is 5.69 Å². The molecule has 3 aromatic rings. The van der Waals surface area contributed by atoms with Crippen LogP contribution >= 0.6 is 22.9 Å². The predicted molar refractivity (Wildman–Crippen MR) is 91.2 cm³/mol. The smallest absolute Gasteiger partial charge is 0.267 e. The van der Waals surface area contributed by atoms with E-state index < -0.39 is 5.91 Å². The Bertz CT molecular complexity index is 908. The minimum Gasteiger partial charge on any atom is -0.486 e. The average Bonchev–Trinajstić information content (AvgIpc) is 2.91. The highest BCUT2D eigenvalue weighted by Gasteiger charge is 2.13.